The first-order valence-corrected chi connectivity index (χ1v) is 5.36. The standard InChI is InChI=1S/C5H7NO4S2/c1-3-2-11-4(6-3)5(7)12(8,9)10/h2,5,7H,1H3,(H,8,9,10). The van der Waals surface area contributed by atoms with E-state index in [-0.39, 0.29) is 5.01 Å². The van der Waals surface area contributed by atoms with Gasteiger partial charge in [0.25, 0.3) is 10.1 Å². The van der Waals surface area contributed by atoms with E-state index in [1.165, 1.54) is 0 Å². The summed E-state index contributed by atoms with van der Waals surface area (Å²) >= 11 is 0.984. The number of hydrogen-bond acceptors (Lipinski definition) is 5. The zero-order valence-electron chi connectivity index (χ0n) is 6.13. The van der Waals surface area contributed by atoms with Crippen LogP contribution in [-0.4, -0.2) is 23.1 Å². The molecule has 68 valence electrons. The van der Waals surface area contributed by atoms with Crippen LogP contribution in [0.1, 0.15) is 16.1 Å². The van der Waals surface area contributed by atoms with Crippen LogP contribution in [0.25, 0.3) is 0 Å². The van der Waals surface area contributed by atoms with E-state index in [0.29, 0.717) is 5.69 Å². The number of aliphatic hydroxyl groups is 1. The van der Waals surface area contributed by atoms with Crippen molar-refractivity contribution in [2.75, 3.05) is 0 Å². The normalized spacial score (nSPS) is 14.6. The summed E-state index contributed by atoms with van der Waals surface area (Å²) in [6.45, 7) is 1.66. The molecule has 0 radical (unpaired) electrons. The van der Waals surface area contributed by atoms with Crippen molar-refractivity contribution in [3.8, 4) is 0 Å². The second kappa shape index (κ2) is 3.09. The lowest BCUT2D eigenvalue weighted by Gasteiger charge is -2.01. The van der Waals surface area contributed by atoms with Crippen molar-refractivity contribution in [3.05, 3.63) is 16.1 Å². The minimum atomic E-state index is -4.44. The van der Waals surface area contributed by atoms with Gasteiger partial charge >= 0.3 is 0 Å². The molecule has 1 rings (SSSR count). The maximum Gasteiger partial charge on any atom is 0.298 e. The fourth-order valence-electron chi connectivity index (χ4n) is 0.613. The van der Waals surface area contributed by atoms with Gasteiger partial charge in [-0.15, -0.1) is 11.3 Å². The van der Waals surface area contributed by atoms with Gasteiger partial charge in [0.2, 0.25) is 5.44 Å². The van der Waals surface area contributed by atoms with Crippen LogP contribution >= 0.6 is 11.3 Å². The number of aryl methyl sites for hydroxylation is 1. The molecule has 2 N–H and O–H groups in total. The summed E-state index contributed by atoms with van der Waals surface area (Å²) in [5, 5.41) is 10.5. The van der Waals surface area contributed by atoms with E-state index in [4.69, 9.17) is 9.66 Å². The first-order chi connectivity index (χ1) is 5.41. The van der Waals surface area contributed by atoms with E-state index in [1.54, 1.807) is 12.3 Å². The molecular weight excluding hydrogens is 202 g/mol. The molecule has 1 aromatic rings. The fraction of sp³-hybridized carbons (Fsp3) is 0.400. The predicted octanol–water partition coefficient (Wildman–Crippen LogP) is 0.330. The Bertz CT molecular complexity index is 369. The van der Waals surface area contributed by atoms with E-state index in [2.05, 4.69) is 4.98 Å². The Morgan fingerprint density at radius 3 is 2.58 bits per heavy atom. The molecule has 1 atom stereocenters. The molecule has 1 unspecified atom stereocenters. The van der Waals surface area contributed by atoms with Crippen LogP contribution < -0.4 is 0 Å². The van der Waals surface area contributed by atoms with Crippen LogP contribution in [0.5, 0.6) is 0 Å². The Morgan fingerprint density at radius 2 is 2.25 bits per heavy atom. The Balaban J connectivity index is 3.01. The lowest BCUT2D eigenvalue weighted by atomic mass is 10.6. The van der Waals surface area contributed by atoms with Gasteiger partial charge in [0.1, 0.15) is 5.01 Å². The van der Waals surface area contributed by atoms with Crippen LogP contribution in [0.15, 0.2) is 5.38 Å². The fourth-order valence-corrected chi connectivity index (χ4v) is 2.11. The number of hydrogen-bond donors (Lipinski definition) is 2. The molecule has 12 heavy (non-hydrogen) atoms. The molecule has 0 bridgehead atoms. The summed E-state index contributed by atoms with van der Waals surface area (Å²) in [7, 11) is -4.44. The molecule has 0 aromatic carbocycles. The quantitative estimate of drug-likeness (QED) is 0.685. The molecule has 1 heterocycles. The summed E-state index contributed by atoms with van der Waals surface area (Å²) < 4.78 is 29.3. The monoisotopic (exact) mass is 209 g/mol. The SMILES string of the molecule is Cc1csc(C(O)S(=O)(=O)O)n1. The molecule has 0 saturated heterocycles. The Labute approximate surface area is 73.4 Å². The molecule has 0 saturated carbocycles. The van der Waals surface area contributed by atoms with Crippen LogP contribution in [0.3, 0.4) is 0 Å². The average Bonchev–Trinajstić information content (AvgIpc) is 2.32. The van der Waals surface area contributed by atoms with E-state index < -0.39 is 15.6 Å². The highest BCUT2D eigenvalue weighted by atomic mass is 32.2. The Kier molecular flexibility index (Phi) is 2.47. The van der Waals surface area contributed by atoms with Gasteiger partial charge in [0.15, 0.2) is 0 Å². The van der Waals surface area contributed by atoms with Gasteiger partial charge in [-0.3, -0.25) is 4.55 Å². The lowest BCUT2D eigenvalue weighted by molar-refractivity contribution is 0.238. The Morgan fingerprint density at radius 1 is 1.67 bits per heavy atom. The second-order valence-corrected chi connectivity index (χ2v) is 4.56. The van der Waals surface area contributed by atoms with Crippen molar-refractivity contribution in [1.29, 1.82) is 0 Å². The molecule has 7 heteroatoms. The topological polar surface area (TPSA) is 87.5 Å². The van der Waals surface area contributed by atoms with Crippen LogP contribution in [0.4, 0.5) is 0 Å². The van der Waals surface area contributed by atoms with E-state index in [1.807, 2.05) is 0 Å². The first-order valence-electron chi connectivity index (χ1n) is 2.97. The molecular formula is C5H7NO4S2. The van der Waals surface area contributed by atoms with Crippen molar-refractivity contribution in [3.63, 3.8) is 0 Å². The smallest absolute Gasteiger partial charge is 0.298 e. The summed E-state index contributed by atoms with van der Waals surface area (Å²) in [6.07, 6.45) is 0. The van der Waals surface area contributed by atoms with E-state index in [0.717, 1.165) is 11.3 Å². The van der Waals surface area contributed by atoms with Gasteiger partial charge in [0, 0.05) is 11.1 Å². The predicted molar refractivity (Wildman–Crippen MR) is 43.4 cm³/mol. The number of thiazole rings is 1. The minimum absolute atomic E-state index is 0.0185. The molecule has 0 aliphatic carbocycles. The highest BCUT2D eigenvalue weighted by molar-refractivity contribution is 7.86. The zero-order valence-corrected chi connectivity index (χ0v) is 7.76. The van der Waals surface area contributed by atoms with Crippen LogP contribution in [-0.2, 0) is 10.1 Å². The number of nitrogens with zero attached hydrogens (tertiary/aromatic N) is 1. The van der Waals surface area contributed by atoms with Crippen molar-refractivity contribution in [2.24, 2.45) is 0 Å². The van der Waals surface area contributed by atoms with Crippen molar-refractivity contribution < 1.29 is 18.1 Å². The van der Waals surface area contributed by atoms with Crippen LogP contribution in [0.2, 0.25) is 0 Å². The third-order valence-corrected chi connectivity index (χ3v) is 3.08. The van der Waals surface area contributed by atoms with E-state index >= 15 is 0 Å². The maximum absolute atomic E-state index is 10.4. The molecule has 5 nitrogen and oxygen atoms in total. The van der Waals surface area contributed by atoms with Crippen molar-refractivity contribution in [1.82, 2.24) is 4.98 Å². The van der Waals surface area contributed by atoms with Crippen molar-refractivity contribution in [2.45, 2.75) is 12.4 Å². The van der Waals surface area contributed by atoms with Gasteiger partial charge in [-0.2, -0.15) is 8.42 Å². The molecule has 0 fully saturated rings. The number of aliphatic hydroxyl groups excluding tert-OH is 1. The third-order valence-electron chi connectivity index (χ3n) is 1.13. The summed E-state index contributed by atoms with van der Waals surface area (Å²) in [6, 6.07) is 0. The van der Waals surface area contributed by atoms with E-state index in [9.17, 15) is 8.42 Å². The average molecular weight is 209 g/mol. The molecule has 0 amide bonds. The van der Waals surface area contributed by atoms with Crippen molar-refractivity contribution >= 4 is 21.5 Å². The summed E-state index contributed by atoms with van der Waals surface area (Å²) in [4.78, 5) is 3.71. The third kappa shape index (κ3) is 2.01. The van der Waals surface area contributed by atoms with Gasteiger partial charge in [-0.25, -0.2) is 4.98 Å². The number of aromatic nitrogens is 1. The second-order valence-electron chi connectivity index (χ2n) is 2.19. The zero-order chi connectivity index (χ0) is 9.35. The van der Waals surface area contributed by atoms with Gasteiger partial charge in [-0.05, 0) is 6.92 Å². The highest BCUT2D eigenvalue weighted by Gasteiger charge is 2.24. The summed E-state index contributed by atoms with van der Waals surface area (Å²) in [5.41, 5.74) is -1.31. The van der Waals surface area contributed by atoms with Gasteiger partial charge in [0.05, 0.1) is 0 Å². The molecule has 0 aliphatic heterocycles. The van der Waals surface area contributed by atoms with Gasteiger partial charge < -0.3 is 5.11 Å². The number of rotatable bonds is 2. The van der Waals surface area contributed by atoms with Gasteiger partial charge in [-0.1, -0.05) is 0 Å². The molecule has 0 spiro atoms. The highest BCUT2D eigenvalue weighted by Crippen LogP contribution is 2.21. The Hall–Kier alpha value is -0.500. The molecule has 1 aromatic heterocycles. The lowest BCUT2D eigenvalue weighted by Crippen LogP contribution is -2.10. The largest absolute Gasteiger partial charge is 0.370 e. The summed E-state index contributed by atoms with van der Waals surface area (Å²) in [5.74, 6) is 0. The maximum atomic E-state index is 10.4. The molecule has 0 aliphatic rings. The minimum Gasteiger partial charge on any atom is -0.370 e. The first kappa shape index (κ1) is 9.59. The van der Waals surface area contributed by atoms with Crippen LogP contribution in [0, 0.1) is 6.92 Å².